The van der Waals surface area contributed by atoms with Gasteiger partial charge in [0.15, 0.2) is 0 Å². The first-order chi connectivity index (χ1) is 16.3. The van der Waals surface area contributed by atoms with Gasteiger partial charge in [-0.15, -0.1) is 11.3 Å². The van der Waals surface area contributed by atoms with Crippen LogP contribution >= 0.6 is 22.9 Å². The zero-order valence-corrected chi connectivity index (χ0v) is 20.7. The molecule has 2 N–H and O–H groups in total. The molecule has 34 heavy (non-hydrogen) atoms. The zero-order valence-electron chi connectivity index (χ0n) is 19.1. The number of anilines is 2. The number of fused-ring (bicyclic) bond motifs is 1. The molecule has 1 aromatic heterocycles. The van der Waals surface area contributed by atoms with E-state index in [-0.39, 0.29) is 18.4 Å². The van der Waals surface area contributed by atoms with Gasteiger partial charge in [-0.3, -0.25) is 14.5 Å². The topological polar surface area (TPSA) is 74.3 Å². The summed E-state index contributed by atoms with van der Waals surface area (Å²) in [5.41, 5.74) is 4.42. The van der Waals surface area contributed by atoms with Gasteiger partial charge in [0.1, 0.15) is 5.01 Å². The summed E-state index contributed by atoms with van der Waals surface area (Å²) < 4.78 is 1.16. The summed E-state index contributed by atoms with van der Waals surface area (Å²) in [6.45, 7) is 3.88. The quantitative estimate of drug-likeness (QED) is 0.341. The maximum absolute atomic E-state index is 12.7. The number of benzene rings is 3. The molecule has 0 aliphatic heterocycles. The highest BCUT2D eigenvalue weighted by Crippen LogP contribution is 2.31. The Hall–Kier alpha value is -3.26. The minimum Gasteiger partial charge on any atom is -0.325 e. The van der Waals surface area contributed by atoms with Gasteiger partial charge in [-0.25, -0.2) is 4.98 Å². The van der Waals surface area contributed by atoms with E-state index < -0.39 is 6.04 Å². The lowest BCUT2D eigenvalue weighted by Crippen LogP contribution is -2.43. The number of para-hydroxylation sites is 1. The molecular weight excluding hydrogens is 468 g/mol. The van der Waals surface area contributed by atoms with Gasteiger partial charge in [0.2, 0.25) is 11.8 Å². The van der Waals surface area contributed by atoms with E-state index in [2.05, 4.69) is 29.7 Å². The fourth-order valence-corrected chi connectivity index (χ4v) is 4.67. The average molecular weight is 493 g/mol. The lowest BCUT2D eigenvalue weighted by molar-refractivity contribution is -0.122. The Balaban J connectivity index is 1.35. The molecule has 0 aliphatic rings. The van der Waals surface area contributed by atoms with Crippen LogP contribution in [0.4, 0.5) is 11.4 Å². The van der Waals surface area contributed by atoms with Crippen LogP contribution in [-0.2, 0) is 9.59 Å². The minimum atomic E-state index is -0.510. The van der Waals surface area contributed by atoms with Crippen LogP contribution in [-0.4, -0.2) is 41.3 Å². The first-order valence-electron chi connectivity index (χ1n) is 10.8. The highest BCUT2D eigenvalue weighted by molar-refractivity contribution is 7.21. The number of hydrogen-bond acceptors (Lipinski definition) is 5. The molecule has 3 aromatic carbocycles. The Bertz CT molecular complexity index is 1340. The number of carbonyl (C=O) groups excluding carboxylic acids is 2. The molecule has 4 rings (SSSR count). The molecule has 174 valence electrons. The van der Waals surface area contributed by atoms with Gasteiger partial charge < -0.3 is 10.6 Å². The number of nitrogens with zero attached hydrogens (tertiary/aromatic N) is 2. The van der Waals surface area contributed by atoms with Gasteiger partial charge >= 0.3 is 0 Å². The number of aromatic nitrogens is 1. The van der Waals surface area contributed by atoms with Gasteiger partial charge in [0.05, 0.1) is 33.5 Å². The second-order valence-electron chi connectivity index (χ2n) is 8.18. The lowest BCUT2D eigenvalue weighted by Gasteiger charge is -2.23. The summed E-state index contributed by atoms with van der Waals surface area (Å²) >= 11 is 7.74. The van der Waals surface area contributed by atoms with Crippen LogP contribution in [0.15, 0.2) is 66.7 Å². The van der Waals surface area contributed by atoms with Crippen molar-refractivity contribution >= 4 is 56.3 Å². The predicted molar refractivity (Wildman–Crippen MR) is 141 cm³/mol. The van der Waals surface area contributed by atoms with Crippen molar-refractivity contribution in [2.24, 2.45) is 0 Å². The zero-order chi connectivity index (χ0) is 24.2. The molecule has 0 unspecified atom stereocenters. The van der Waals surface area contributed by atoms with Gasteiger partial charge in [0, 0.05) is 11.3 Å². The molecule has 1 atom stereocenters. The Morgan fingerprint density at radius 1 is 1.06 bits per heavy atom. The SMILES string of the molecule is Cc1ccc2nc(-c3ccc(NC(=O)[C@H](C)N(C)CC(=O)Nc4ccccc4Cl)cc3)sc2c1. The van der Waals surface area contributed by atoms with E-state index in [4.69, 9.17) is 16.6 Å². The molecular formula is C26H25ClN4O2S. The van der Waals surface area contributed by atoms with Gasteiger partial charge in [-0.05, 0) is 75.0 Å². The summed E-state index contributed by atoms with van der Waals surface area (Å²) in [6.07, 6.45) is 0. The van der Waals surface area contributed by atoms with Crippen LogP contribution in [0.25, 0.3) is 20.8 Å². The van der Waals surface area contributed by atoms with Crippen molar-refractivity contribution in [3.8, 4) is 10.6 Å². The molecule has 8 heteroatoms. The van der Waals surface area contributed by atoms with Crippen LogP contribution in [0.3, 0.4) is 0 Å². The summed E-state index contributed by atoms with van der Waals surface area (Å²) in [6, 6.07) is 20.4. The molecule has 6 nitrogen and oxygen atoms in total. The molecule has 0 fully saturated rings. The van der Waals surface area contributed by atoms with Crippen LogP contribution in [0.2, 0.25) is 5.02 Å². The van der Waals surface area contributed by atoms with Crippen LogP contribution in [0, 0.1) is 6.92 Å². The van der Waals surface area contributed by atoms with Gasteiger partial charge in [-0.1, -0.05) is 29.8 Å². The summed E-state index contributed by atoms with van der Waals surface area (Å²) in [7, 11) is 1.73. The Morgan fingerprint density at radius 2 is 1.79 bits per heavy atom. The van der Waals surface area contributed by atoms with Crippen molar-refractivity contribution in [2.45, 2.75) is 19.9 Å². The van der Waals surface area contributed by atoms with E-state index in [0.717, 1.165) is 20.8 Å². The Kier molecular flexibility index (Phi) is 7.26. The first-order valence-corrected chi connectivity index (χ1v) is 12.0. The molecule has 1 heterocycles. The molecule has 0 saturated carbocycles. The van der Waals surface area contributed by atoms with Crippen LogP contribution in [0.1, 0.15) is 12.5 Å². The van der Waals surface area contributed by atoms with E-state index in [1.165, 1.54) is 5.56 Å². The summed E-state index contributed by atoms with van der Waals surface area (Å²) in [4.78, 5) is 31.5. The number of hydrogen-bond donors (Lipinski definition) is 2. The number of aryl methyl sites for hydroxylation is 1. The van der Waals surface area contributed by atoms with Crippen LogP contribution in [0.5, 0.6) is 0 Å². The second kappa shape index (κ2) is 10.3. The largest absolute Gasteiger partial charge is 0.325 e. The fourth-order valence-electron chi connectivity index (χ4n) is 3.41. The van der Waals surface area contributed by atoms with E-state index >= 15 is 0 Å². The number of likely N-dealkylation sites (N-methyl/N-ethyl adjacent to an activating group) is 1. The molecule has 0 spiro atoms. The normalized spacial score (nSPS) is 12.0. The Morgan fingerprint density at radius 3 is 2.53 bits per heavy atom. The highest BCUT2D eigenvalue weighted by atomic mass is 35.5. The van der Waals surface area contributed by atoms with Crippen molar-refractivity contribution in [2.75, 3.05) is 24.2 Å². The van der Waals surface area contributed by atoms with Crippen molar-refractivity contribution in [3.05, 3.63) is 77.3 Å². The molecule has 0 radical (unpaired) electrons. The van der Waals surface area contributed by atoms with Crippen molar-refractivity contribution in [1.29, 1.82) is 0 Å². The molecule has 0 saturated heterocycles. The second-order valence-corrected chi connectivity index (χ2v) is 9.61. The maximum atomic E-state index is 12.7. The first kappa shape index (κ1) is 23.9. The smallest absolute Gasteiger partial charge is 0.241 e. The third-order valence-corrected chi connectivity index (χ3v) is 6.92. The number of rotatable bonds is 7. The van der Waals surface area contributed by atoms with Crippen molar-refractivity contribution in [3.63, 3.8) is 0 Å². The van der Waals surface area contributed by atoms with E-state index in [1.807, 2.05) is 30.3 Å². The maximum Gasteiger partial charge on any atom is 0.241 e. The number of halogens is 1. The lowest BCUT2D eigenvalue weighted by atomic mass is 10.2. The highest BCUT2D eigenvalue weighted by Gasteiger charge is 2.20. The van der Waals surface area contributed by atoms with E-state index in [0.29, 0.717) is 16.4 Å². The van der Waals surface area contributed by atoms with Crippen molar-refractivity contribution < 1.29 is 9.59 Å². The molecule has 4 aromatic rings. The summed E-state index contributed by atoms with van der Waals surface area (Å²) in [5, 5.41) is 7.09. The number of nitrogens with one attached hydrogen (secondary N) is 2. The van der Waals surface area contributed by atoms with Gasteiger partial charge in [0.25, 0.3) is 0 Å². The van der Waals surface area contributed by atoms with E-state index in [1.54, 1.807) is 54.5 Å². The number of carbonyl (C=O) groups is 2. The molecule has 0 aliphatic carbocycles. The third-order valence-electron chi connectivity index (χ3n) is 5.52. The third kappa shape index (κ3) is 5.62. The number of thiazole rings is 1. The minimum absolute atomic E-state index is 0.0514. The van der Waals surface area contributed by atoms with Crippen LogP contribution < -0.4 is 10.6 Å². The molecule has 0 bridgehead atoms. The fraction of sp³-hybridized carbons (Fsp3) is 0.192. The van der Waals surface area contributed by atoms with Gasteiger partial charge in [-0.2, -0.15) is 0 Å². The standard InChI is InChI=1S/C26H25ClN4O2S/c1-16-8-13-22-23(14-16)34-26(30-22)18-9-11-19(12-10-18)28-25(33)17(2)31(3)15-24(32)29-21-7-5-4-6-20(21)27/h4-14,17H,15H2,1-3H3,(H,28,33)(H,29,32)/t17-/m0/s1. The summed E-state index contributed by atoms with van der Waals surface area (Å²) in [5.74, 6) is -0.443. The average Bonchev–Trinajstić information content (AvgIpc) is 3.23. The van der Waals surface area contributed by atoms with Crippen molar-refractivity contribution in [1.82, 2.24) is 9.88 Å². The predicted octanol–water partition coefficient (Wildman–Crippen LogP) is 5.82. The Labute approximate surface area is 207 Å². The van der Waals surface area contributed by atoms with E-state index in [9.17, 15) is 9.59 Å². The molecule has 2 amide bonds. The number of amides is 2. The monoisotopic (exact) mass is 492 g/mol.